The first-order chi connectivity index (χ1) is 17.7. The van der Waals surface area contributed by atoms with Gasteiger partial charge < -0.3 is 20.4 Å². The number of halogens is 3. The molecule has 4 aromatic rings. The van der Waals surface area contributed by atoms with Gasteiger partial charge in [-0.3, -0.25) is 4.79 Å². The summed E-state index contributed by atoms with van der Waals surface area (Å²) in [7, 11) is 1.57. The lowest BCUT2D eigenvalue weighted by atomic mass is 10.00. The number of thioether (sulfide) groups is 1. The Morgan fingerprint density at radius 3 is 2.43 bits per heavy atom. The van der Waals surface area contributed by atoms with Crippen LogP contribution in [0.2, 0.25) is 0 Å². The number of aromatic amines is 1. The van der Waals surface area contributed by atoms with Crippen LogP contribution in [0.15, 0.2) is 83.8 Å². The number of carbonyl (C=O) groups is 1. The predicted octanol–water partition coefficient (Wildman–Crippen LogP) is 6.61. The molecular formula is C27H27F3N4O2S. The zero-order valence-electron chi connectivity index (χ0n) is 20.3. The molecule has 0 saturated carbocycles. The average Bonchev–Trinajstić information content (AvgIpc) is 3.28. The minimum absolute atomic E-state index is 0.0389. The van der Waals surface area contributed by atoms with Crippen LogP contribution >= 0.6 is 11.8 Å². The van der Waals surface area contributed by atoms with Crippen molar-refractivity contribution in [3.8, 4) is 0 Å². The van der Waals surface area contributed by atoms with E-state index in [1.54, 1.807) is 19.2 Å². The number of nitrogens with zero attached hydrogens (tertiary/aromatic N) is 1. The number of hydrogen-bond acceptors (Lipinski definition) is 5. The second kappa shape index (κ2) is 11.7. The van der Waals surface area contributed by atoms with Crippen LogP contribution in [-0.2, 0) is 9.53 Å². The molecule has 6 nitrogen and oxygen atoms in total. The summed E-state index contributed by atoms with van der Waals surface area (Å²) in [4.78, 5) is 21.0. The molecule has 0 aliphatic carbocycles. The van der Waals surface area contributed by atoms with E-state index in [-0.39, 0.29) is 35.1 Å². The van der Waals surface area contributed by atoms with Crippen molar-refractivity contribution in [1.82, 2.24) is 15.3 Å². The van der Waals surface area contributed by atoms with Crippen LogP contribution in [0.4, 0.5) is 19.1 Å². The van der Waals surface area contributed by atoms with Gasteiger partial charge in [0.15, 0.2) is 0 Å². The molecule has 0 fully saturated rings. The SMILES string of the molecule is CO[C@H](C)[C@H](NC(=O)CC(Nc1nc2ccccc2[nH]1)c1cccc(SC(F)(F)F)c1)c1ccccc1. The topological polar surface area (TPSA) is 79.0 Å². The molecule has 0 radical (unpaired) electrons. The fourth-order valence-corrected chi connectivity index (χ4v) is 4.66. The van der Waals surface area contributed by atoms with Gasteiger partial charge in [-0.15, -0.1) is 0 Å². The van der Waals surface area contributed by atoms with Crippen LogP contribution in [0.3, 0.4) is 0 Å². The predicted molar refractivity (Wildman–Crippen MR) is 139 cm³/mol. The number of ether oxygens (including phenoxy) is 1. The Hall–Kier alpha value is -3.50. The molecule has 3 aromatic carbocycles. The highest BCUT2D eigenvalue weighted by Crippen LogP contribution is 2.38. The van der Waals surface area contributed by atoms with Gasteiger partial charge in [-0.05, 0) is 54.1 Å². The molecule has 1 aromatic heterocycles. The number of imidazole rings is 1. The molecule has 1 heterocycles. The highest BCUT2D eigenvalue weighted by Gasteiger charge is 2.30. The maximum Gasteiger partial charge on any atom is 0.446 e. The van der Waals surface area contributed by atoms with E-state index < -0.39 is 17.6 Å². The van der Waals surface area contributed by atoms with E-state index in [1.165, 1.54) is 12.1 Å². The minimum atomic E-state index is -4.42. The van der Waals surface area contributed by atoms with Crippen LogP contribution < -0.4 is 10.6 Å². The second-order valence-electron chi connectivity index (χ2n) is 8.52. The molecule has 0 aliphatic heterocycles. The molecule has 0 saturated heterocycles. The van der Waals surface area contributed by atoms with E-state index in [0.717, 1.165) is 16.6 Å². The van der Waals surface area contributed by atoms with Crippen molar-refractivity contribution in [2.24, 2.45) is 0 Å². The summed E-state index contributed by atoms with van der Waals surface area (Å²) in [5.41, 5.74) is -1.48. The number of rotatable bonds is 10. The first kappa shape index (κ1) is 26.6. The molecule has 1 amide bonds. The van der Waals surface area contributed by atoms with Crippen LogP contribution in [0, 0.1) is 0 Å². The minimum Gasteiger partial charge on any atom is -0.379 e. The van der Waals surface area contributed by atoms with Crippen LogP contribution in [0.25, 0.3) is 11.0 Å². The number of para-hydroxylation sites is 2. The van der Waals surface area contributed by atoms with Crippen molar-refractivity contribution in [1.29, 1.82) is 0 Å². The second-order valence-corrected chi connectivity index (χ2v) is 9.66. The zero-order chi connectivity index (χ0) is 26.4. The molecule has 0 spiro atoms. The number of nitrogens with one attached hydrogen (secondary N) is 3. The monoisotopic (exact) mass is 528 g/mol. The van der Waals surface area contributed by atoms with Gasteiger partial charge >= 0.3 is 5.51 Å². The summed E-state index contributed by atoms with van der Waals surface area (Å²) in [6, 6.07) is 21.9. The molecule has 194 valence electrons. The number of methoxy groups -OCH3 is 1. The molecule has 3 N–H and O–H groups in total. The molecule has 0 aliphatic rings. The van der Waals surface area contributed by atoms with Crippen molar-refractivity contribution in [3.05, 3.63) is 90.0 Å². The molecule has 3 atom stereocenters. The normalized spacial score (nSPS) is 14.2. The molecule has 10 heteroatoms. The van der Waals surface area contributed by atoms with E-state index in [2.05, 4.69) is 20.6 Å². The largest absolute Gasteiger partial charge is 0.446 e. The number of aromatic nitrogens is 2. The van der Waals surface area contributed by atoms with Gasteiger partial charge in [0.25, 0.3) is 0 Å². The number of fused-ring (bicyclic) bond motifs is 1. The highest BCUT2D eigenvalue weighted by molar-refractivity contribution is 8.00. The number of H-pyrrole nitrogens is 1. The Kier molecular flexibility index (Phi) is 8.40. The number of amides is 1. The fraction of sp³-hybridized carbons (Fsp3) is 0.259. The summed E-state index contributed by atoms with van der Waals surface area (Å²) in [6.07, 6.45) is -0.351. The van der Waals surface area contributed by atoms with Gasteiger partial charge in [-0.25, -0.2) is 4.98 Å². The smallest absolute Gasteiger partial charge is 0.379 e. The summed E-state index contributed by atoms with van der Waals surface area (Å²) in [5, 5.41) is 6.24. The van der Waals surface area contributed by atoms with Crippen LogP contribution in [0.5, 0.6) is 0 Å². The summed E-state index contributed by atoms with van der Waals surface area (Å²) in [5.74, 6) is 0.123. The van der Waals surface area contributed by atoms with E-state index in [0.29, 0.717) is 11.5 Å². The van der Waals surface area contributed by atoms with Crippen molar-refractivity contribution in [3.63, 3.8) is 0 Å². The molecule has 0 bridgehead atoms. The van der Waals surface area contributed by atoms with E-state index >= 15 is 0 Å². The van der Waals surface area contributed by atoms with Gasteiger partial charge in [-0.2, -0.15) is 13.2 Å². The molecule has 37 heavy (non-hydrogen) atoms. The highest BCUT2D eigenvalue weighted by atomic mass is 32.2. The van der Waals surface area contributed by atoms with E-state index in [1.807, 2.05) is 61.5 Å². The fourth-order valence-electron chi connectivity index (χ4n) is 4.05. The van der Waals surface area contributed by atoms with Gasteiger partial charge in [0.1, 0.15) is 0 Å². The van der Waals surface area contributed by atoms with Crippen molar-refractivity contribution < 1.29 is 22.7 Å². The Balaban J connectivity index is 1.60. The number of carbonyl (C=O) groups excluding carboxylic acids is 1. The van der Waals surface area contributed by atoms with E-state index in [9.17, 15) is 18.0 Å². The summed E-state index contributed by atoms with van der Waals surface area (Å²) in [6.45, 7) is 1.86. The molecular weight excluding hydrogens is 501 g/mol. The van der Waals surface area contributed by atoms with Gasteiger partial charge in [0.05, 0.1) is 35.6 Å². The maximum absolute atomic E-state index is 13.3. The Bertz CT molecular complexity index is 1300. The first-order valence-corrected chi connectivity index (χ1v) is 12.5. The Labute approximate surface area is 217 Å². The van der Waals surface area contributed by atoms with Gasteiger partial charge in [-0.1, -0.05) is 54.6 Å². The summed E-state index contributed by atoms with van der Waals surface area (Å²) >= 11 is -0.192. The van der Waals surface area contributed by atoms with Crippen LogP contribution in [0.1, 0.15) is 36.6 Å². The first-order valence-electron chi connectivity index (χ1n) is 11.7. The number of benzene rings is 3. The molecule has 4 rings (SSSR count). The number of anilines is 1. The Morgan fingerprint density at radius 2 is 1.73 bits per heavy atom. The van der Waals surface area contributed by atoms with Crippen molar-refractivity contribution >= 4 is 34.7 Å². The standard InChI is InChI=1S/C27H27F3N4O2S/c1-17(36-2)25(18-9-4-3-5-10-18)34-24(35)16-23(19-11-8-12-20(15-19)37-27(28,29)30)33-26-31-21-13-6-7-14-22(21)32-26/h3-15,17,23,25H,16H2,1-2H3,(H,34,35)(H2,31,32,33)/t17-,23?,25+/m1/s1. The Morgan fingerprint density at radius 1 is 1.03 bits per heavy atom. The third-order valence-corrected chi connectivity index (χ3v) is 6.62. The van der Waals surface area contributed by atoms with Crippen molar-refractivity contribution in [2.45, 2.75) is 41.9 Å². The number of alkyl halides is 3. The zero-order valence-corrected chi connectivity index (χ0v) is 21.1. The molecule has 1 unspecified atom stereocenters. The third-order valence-electron chi connectivity index (χ3n) is 5.90. The average molecular weight is 529 g/mol. The third kappa shape index (κ3) is 7.27. The van der Waals surface area contributed by atoms with Gasteiger partial charge in [0.2, 0.25) is 11.9 Å². The summed E-state index contributed by atoms with van der Waals surface area (Å²) < 4.78 is 44.6. The lowest BCUT2D eigenvalue weighted by molar-refractivity contribution is -0.123. The van der Waals surface area contributed by atoms with Crippen LogP contribution in [-0.4, -0.2) is 34.6 Å². The lowest BCUT2D eigenvalue weighted by Gasteiger charge is -2.26. The van der Waals surface area contributed by atoms with Gasteiger partial charge in [0, 0.05) is 12.0 Å². The number of hydrogen-bond donors (Lipinski definition) is 3. The van der Waals surface area contributed by atoms with Crippen molar-refractivity contribution in [2.75, 3.05) is 12.4 Å². The lowest BCUT2D eigenvalue weighted by Crippen LogP contribution is -2.37. The quantitative estimate of drug-likeness (QED) is 0.202. The maximum atomic E-state index is 13.3. The van der Waals surface area contributed by atoms with E-state index in [4.69, 9.17) is 4.74 Å².